The highest BCUT2D eigenvalue weighted by Crippen LogP contribution is 2.24. The van der Waals surface area contributed by atoms with E-state index in [0.717, 1.165) is 5.56 Å². The van der Waals surface area contributed by atoms with Gasteiger partial charge in [-0.05, 0) is 44.2 Å². The van der Waals surface area contributed by atoms with E-state index in [9.17, 15) is 14.4 Å². The van der Waals surface area contributed by atoms with E-state index in [0.29, 0.717) is 38.1 Å². The molecule has 1 atom stereocenters. The normalized spacial score (nSPS) is 12.5. The minimum absolute atomic E-state index is 0.0200. The van der Waals surface area contributed by atoms with Crippen LogP contribution in [0.1, 0.15) is 57.0 Å². The maximum Gasteiger partial charge on any atom is 0.320 e. The molecule has 0 aromatic heterocycles. The molecule has 1 unspecified atom stereocenters. The van der Waals surface area contributed by atoms with Crippen LogP contribution in [-0.4, -0.2) is 60.4 Å². The lowest BCUT2D eigenvalue weighted by atomic mass is 9.87. The summed E-state index contributed by atoms with van der Waals surface area (Å²) in [7, 11) is 0. The van der Waals surface area contributed by atoms with Crippen molar-refractivity contribution in [1.29, 1.82) is 0 Å². The Morgan fingerprint density at radius 3 is 2.36 bits per heavy atom. The highest BCUT2D eigenvalue weighted by atomic mass is 16.5. The Labute approximate surface area is 168 Å². The van der Waals surface area contributed by atoms with Crippen LogP contribution >= 0.6 is 0 Å². The molecule has 0 aliphatic rings. The third-order valence-corrected chi connectivity index (χ3v) is 5.05. The van der Waals surface area contributed by atoms with Crippen LogP contribution in [0.5, 0.6) is 0 Å². The van der Waals surface area contributed by atoms with Gasteiger partial charge in [0.2, 0.25) is 6.41 Å². The standard InChI is InChI=1S/C22H34N2O4/c1-7-28-20(26)15-23(18(3)22(4,5)6)13-10-14-24(16-25)21(27)19-12-9-8-11-17(19)2/h8-9,11-12,16,18H,7,10,13-15H2,1-6H3. The molecule has 1 aromatic rings. The van der Waals surface area contributed by atoms with Crippen molar-refractivity contribution in [2.24, 2.45) is 5.41 Å². The highest BCUT2D eigenvalue weighted by molar-refractivity contribution is 6.00. The van der Waals surface area contributed by atoms with Crippen molar-refractivity contribution >= 4 is 18.3 Å². The van der Waals surface area contributed by atoms with Crippen LogP contribution in [0.4, 0.5) is 0 Å². The van der Waals surface area contributed by atoms with E-state index in [-0.39, 0.29) is 29.9 Å². The number of hydrogen-bond acceptors (Lipinski definition) is 5. The molecule has 1 aromatic carbocycles. The minimum atomic E-state index is -0.297. The molecule has 0 aliphatic carbocycles. The van der Waals surface area contributed by atoms with E-state index in [1.807, 2.05) is 19.1 Å². The summed E-state index contributed by atoms with van der Waals surface area (Å²) < 4.78 is 5.09. The van der Waals surface area contributed by atoms with E-state index in [1.54, 1.807) is 19.1 Å². The molecule has 0 saturated carbocycles. The average molecular weight is 391 g/mol. The summed E-state index contributed by atoms with van der Waals surface area (Å²) >= 11 is 0. The van der Waals surface area contributed by atoms with Crippen LogP contribution in [0, 0.1) is 12.3 Å². The molecular formula is C22H34N2O4. The van der Waals surface area contributed by atoms with E-state index >= 15 is 0 Å². The molecule has 0 saturated heterocycles. The Balaban J connectivity index is 2.77. The molecule has 6 nitrogen and oxygen atoms in total. The summed E-state index contributed by atoms with van der Waals surface area (Å²) in [4.78, 5) is 39.4. The van der Waals surface area contributed by atoms with Gasteiger partial charge in [-0.3, -0.25) is 24.2 Å². The number of amides is 2. The van der Waals surface area contributed by atoms with Crippen LogP contribution in [0.15, 0.2) is 24.3 Å². The summed E-state index contributed by atoms with van der Waals surface area (Å²) in [5.74, 6) is -0.559. The van der Waals surface area contributed by atoms with E-state index in [1.165, 1.54) is 4.90 Å². The summed E-state index contributed by atoms with van der Waals surface area (Å²) in [6.45, 7) is 13.5. The van der Waals surface area contributed by atoms with Crippen LogP contribution in [0.3, 0.4) is 0 Å². The summed E-state index contributed by atoms with van der Waals surface area (Å²) in [5, 5.41) is 0. The molecule has 2 amide bonds. The van der Waals surface area contributed by atoms with E-state index < -0.39 is 0 Å². The first kappa shape index (κ1) is 23.8. The van der Waals surface area contributed by atoms with Crippen LogP contribution in [0.25, 0.3) is 0 Å². The van der Waals surface area contributed by atoms with Gasteiger partial charge in [-0.25, -0.2) is 0 Å². The predicted octanol–water partition coefficient (Wildman–Crippen LogP) is 3.28. The van der Waals surface area contributed by atoms with Crippen molar-refractivity contribution in [3.05, 3.63) is 35.4 Å². The van der Waals surface area contributed by atoms with Crippen LogP contribution in [-0.2, 0) is 14.3 Å². The van der Waals surface area contributed by atoms with Crippen LogP contribution in [0.2, 0.25) is 0 Å². The summed E-state index contributed by atoms with van der Waals surface area (Å²) in [6, 6.07) is 7.35. The Morgan fingerprint density at radius 1 is 1.18 bits per heavy atom. The molecule has 0 fully saturated rings. The Morgan fingerprint density at radius 2 is 1.82 bits per heavy atom. The quantitative estimate of drug-likeness (QED) is 0.453. The van der Waals surface area contributed by atoms with Crippen molar-refractivity contribution in [3.63, 3.8) is 0 Å². The van der Waals surface area contributed by atoms with Crippen molar-refractivity contribution in [1.82, 2.24) is 9.80 Å². The van der Waals surface area contributed by atoms with Crippen molar-refractivity contribution in [3.8, 4) is 0 Å². The second kappa shape index (κ2) is 11.0. The number of hydrogen-bond donors (Lipinski definition) is 0. The molecule has 1 rings (SSSR count). The van der Waals surface area contributed by atoms with Gasteiger partial charge >= 0.3 is 5.97 Å². The first-order valence-corrected chi connectivity index (χ1v) is 9.83. The maximum absolute atomic E-state index is 12.6. The first-order chi connectivity index (χ1) is 13.1. The Kier molecular flexibility index (Phi) is 9.32. The number of ether oxygens (including phenoxy) is 1. The van der Waals surface area contributed by atoms with Gasteiger partial charge in [0, 0.05) is 24.7 Å². The van der Waals surface area contributed by atoms with Gasteiger partial charge < -0.3 is 4.74 Å². The van der Waals surface area contributed by atoms with Gasteiger partial charge in [0.1, 0.15) is 0 Å². The predicted molar refractivity (Wildman–Crippen MR) is 110 cm³/mol. The second-order valence-electron chi connectivity index (χ2n) is 8.09. The number of rotatable bonds is 10. The lowest BCUT2D eigenvalue weighted by Gasteiger charge is -2.37. The van der Waals surface area contributed by atoms with Gasteiger partial charge in [0.15, 0.2) is 0 Å². The summed E-state index contributed by atoms with van der Waals surface area (Å²) in [5.41, 5.74) is 1.35. The molecular weight excluding hydrogens is 356 g/mol. The number of carbonyl (C=O) groups is 3. The van der Waals surface area contributed by atoms with Crippen molar-refractivity contribution in [2.75, 3.05) is 26.2 Å². The number of carbonyl (C=O) groups excluding carboxylic acids is 3. The topological polar surface area (TPSA) is 66.9 Å². The molecule has 28 heavy (non-hydrogen) atoms. The lowest BCUT2D eigenvalue weighted by Crippen LogP contribution is -2.46. The zero-order valence-electron chi connectivity index (χ0n) is 18.0. The molecule has 0 N–H and O–H groups in total. The molecule has 0 heterocycles. The fraction of sp³-hybridized carbons (Fsp3) is 0.591. The van der Waals surface area contributed by atoms with E-state index in [2.05, 4.69) is 32.6 Å². The number of nitrogens with zero attached hydrogens (tertiary/aromatic N) is 2. The fourth-order valence-corrected chi connectivity index (χ4v) is 2.94. The molecule has 0 aliphatic heterocycles. The second-order valence-corrected chi connectivity index (χ2v) is 8.09. The minimum Gasteiger partial charge on any atom is -0.465 e. The van der Waals surface area contributed by atoms with Gasteiger partial charge in [0.25, 0.3) is 5.91 Å². The Hall–Kier alpha value is -2.21. The average Bonchev–Trinajstić information content (AvgIpc) is 2.63. The Bertz CT molecular complexity index is 667. The van der Waals surface area contributed by atoms with Gasteiger partial charge in [-0.2, -0.15) is 0 Å². The number of esters is 1. The van der Waals surface area contributed by atoms with Gasteiger partial charge in [-0.1, -0.05) is 39.0 Å². The smallest absolute Gasteiger partial charge is 0.320 e. The largest absolute Gasteiger partial charge is 0.465 e. The fourth-order valence-electron chi connectivity index (χ4n) is 2.94. The van der Waals surface area contributed by atoms with Gasteiger partial charge in [0.05, 0.1) is 13.2 Å². The lowest BCUT2D eigenvalue weighted by molar-refractivity contribution is -0.145. The third kappa shape index (κ3) is 7.08. The SMILES string of the molecule is CCOC(=O)CN(CCCN(C=O)C(=O)c1ccccc1C)C(C)C(C)(C)C. The maximum atomic E-state index is 12.6. The molecule has 0 spiro atoms. The van der Waals surface area contributed by atoms with Gasteiger partial charge in [-0.15, -0.1) is 0 Å². The highest BCUT2D eigenvalue weighted by Gasteiger charge is 2.28. The third-order valence-electron chi connectivity index (χ3n) is 5.05. The molecule has 0 radical (unpaired) electrons. The molecule has 0 bridgehead atoms. The van der Waals surface area contributed by atoms with E-state index in [4.69, 9.17) is 4.74 Å². The summed E-state index contributed by atoms with van der Waals surface area (Å²) in [6.07, 6.45) is 1.16. The molecule has 156 valence electrons. The number of benzene rings is 1. The first-order valence-electron chi connectivity index (χ1n) is 9.83. The molecule has 6 heteroatoms. The zero-order valence-corrected chi connectivity index (χ0v) is 18.0. The number of imide groups is 1. The van der Waals surface area contributed by atoms with Crippen molar-refractivity contribution in [2.45, 2.75) is 54.0 Å². The van der Waals surface area contributed by atoms with Crippen LogP contribution < -0.4 is 0 Å². The number of aryl methyl sites for hydroxylation is 1. The van der Waals surface area contributed by atoms with Crippen molar-refractivity contribution < 1.29 is 19.1 Å². The monoisotopic (exact) mass is 390 g/mol. The zero-order chi connectivity index (χ0) is 21.3.